The zero-order valence-electron chi connectivity index (χ0n) is 15.0. The van der Waals surface area contributed by atoms with Gasteiger partial charge >= 0.3 is 0 Å². The van der Waals surface area contributed by atoms with Crippen LogP contribution < -0.4 is 5.32 Å². The van der Waals surface area contributed by atoms with Gasteiger partial charge in [0.25, 0.3) is 10.0 Å². The molecule has 0 heterocycles. The number of hydroxylamine groups is 1. The molecule has 0 aliphatic carbocycles. The molecule has 0 unspecified atom stereocenters. The predicted molar refractivity (Wildman–Crippen MR) is 105 cm³/mol. The minimum atomic E-state index is -3.71. The van der Waals surface area contributed by atoms with E-state index in [1.54, 1.807) is 12.1 Å². The lowest BCUT2D eigenvalue weighted by atomic mass is 10.0. The van der Waals surface area contributed by atoms with Crippen molar-refractivity contribution in [3.8, 4) is 0 Å². The Balaban J connectivity index is 1.68. The molecule has 0 atom stereocenters. The minimum absolute atomic E-state index is 0.0828. The van der Waals surface area contributed by atoms with E-state index in [0.717, 1.165) is 20.8 Å². The largest absolute Gasteiger partial charge is 0.326 e. The molecule has 3 aromatic carbocycles. The zero-order valence-corrected chi connectivity index (χ0v) is 15.9. The molecule has 1 amide bonds. The molecule has 27 heavy (non-hydrogen) atoms. The predicted octanol–water partition coefficient (Wildman–Crippen LogP) is 3.20. The van der Waals surface area contributed by atoms with Crippen molar-refractivity contribution in [3.05, 3.63) is 72.3 Å². The molecule has 3 aromatic rings. The molecule has 3 rings (SSSR count). The van der Waals surface area contributed by atoms with Crippen molar-refractivity contribution in [2.75, 3.05) is 19.5 Å². The van der Waals surface area contributed by atoms with Crippen LogP contribution in [0.1, 0.15) is 5.56 Å². The van der Waals surface area contributed by atoms with Crippen LogP contribution in [0.2, 0.25) is 0 Å². The summed E-state index contributed by atoms with van der Waals surface area (Å²) in [7, 11) is -1.11. The number of benzene rings is 3. The second kappa shape index (κ2) is 7.87. The summed E-state index contributed by atoms with van der Waals surface area (Å²) in [6.07, 6.45) is 0.233. The van der Waals surface area contributed by atoms with E-state index < -0.39 is 10.0 Å². The Morgan fingerprint density at radius 2 is 1.67 bits per heavy atom. The molecule has 1 N–H and O–H groups in total. The van der Waals surface area contributed by atoms with Crippen LogP contribution in [0.15, 0.2) is 71.6 Å². The average molecular weight is 384 g/mol. The average Bonchev–Trinajstić information content (AvgIpc) is 2.67. The summed E-state index contributed by atoms with van der Waals surface area (Å²) in [6, 6.07) is 19.8. The topological polar surface area (TPSA) is 75.7 Å². The Hall–Kier alpha value is -2.74. The number of nitrogens with zero attached hydrogens (tertiary/aromatic N) is 1. The number of nitrogens with one attached hydrogen (secondary N) is 1. The Bertz CT molecular complexity index is 1060. The number of amides is 1. The van der Waals surface area contributed by atoms with E-state index in [9.17, 15) is 13.2 Å². The minimum Gasteiger partial charge on any atom is -0.326 e. The zero-order chi connectivity index (χ0) is 19.4. The molecule has 0 aromatic heterocycles. The number of sulfonamides is 1. The van der Waals surface area contributed by atoms with Crippen LogP contribution in [0.5, 0.6) is 0 Å². The first-order valence-corrected chi connectivity index (χ1v) is 9.75. The highest BCUT2D eigenvalue weighted by Crippen LogP contribution is 2.19. The number of carbonyl (C=O) groups is 1. The molecule has 0 spiro atoms. The fraction of sp³-hybridized carbons (Fsp3) is 0.150. The van der Waals surface area contributed by atoms with Crippen LogP contribution in [-0.4, -0.2) is 33.0 Å². The summed E-state index contributed by atoms with van der Waals surface area (Å²) in [5, 5.41) is 4.99. The van der Waals surface area contributed by atoms with Crippen LogP contribution in [0.25, 0.3) is 10.8 Å². The van der Waals surface area contributed by atoms with Gasteiger partial charge in [0, 0.05) is 12.7 Å². The normalized spacial score (nSPS) is 11.7. The van der Waals surface area contributed by atoms with Gasteiger partial charge in [0.15, 0.2) is 0 Å². The Morgan fingerprint density at radius 3 is 2.33 bits per heavy atom. The first-order valence-electron chi connectivity index (χ1n) is 8.31. The SMILES string of the molecule is CON(C)S(=O)(=O)c1ccc(NC(=O)Cc2ccc3ccccc3c2)cc1. The van der Waals surface area contributed by atoms with Crippen LogP contribution in [0, 0.1) is 0 Å². The van der Waals surface area contributed by atoms with E-state index in [1.807, 2.05) is 42.5 Å². The number of hydrogen-bond donors (Lipinski definition) is 1. The molecular formula is C20H20N2O4S. The third-order valence-corrected chi connectivity index (χ3v) is 5.90. The van der Waals surface area contributed by atoms with Crippen molar-refractivity contribution < 1.29 is 18.0 Å². The molecule has 0 saturated carbocycles. The molecule has 0 fully saturated rings. The maximum atomic E-state index is 12.3. The Labute approximate surface area is 158 Å². The number of fused-ring (bicyclic) bond motifs is 1. The van der Waals surface area contributed by atoms with Crippen LogP contribution in [-0.2, 0) is 26.1 Å². The van der Waals surface area contributed by atoms with Crippen molar-refractivity contribution in [3.63, 3.8) is 0 Å². The lowest BCUT2D eigenvalue weighted by molar-refractivity contribution is -0.115. The lowest BCUT2D eigenvalue weighted by Gasteiger charge is -2.14. The molecule has 0 saturated heterocycles. The second-order valence-corrected chi connectivity index (χ2v) is 7.96. The smallest absolute Gasteiger partial charge is 0.264 e. The van der Waals surface area contributed by atoms with Crippen molar-refractivity contribution in [1.82, 2.24) is 4.47 Å². The molecule has 6 nitrogen and oxygen atoms in total. The number of hydrogen-bond acceptors (Lipinski definition) is 4. The summed E-state index contributed by atoms with van der Waals surface area (Å²) in [4.78, 5) is 17.1. The van der Waals surface area contributed by atoms with Gasteiger partial charge in [-0.1, -0.05) is 46.9 Å². The highest BCUT2D eigenvalue weighted by atomic mass is 32.2. The number of rotatable bonds is 6. The highest BCUT2D eigenvalue weighted by Gasteiger charge is 2.20. The van der Waals surface area contributed by atoms with Crippen LogP contribution >= 0.6 is 0 Å². The molecule has 0 aliphatic rings. The summed E-state index contributed by atoms with van der Waals surface area (Å²) < 4.78 is 25.1. The Kier molecular flexibility index (Phi) is 5.55. The third kappa shape index (κ3) is 4.33. The molecular weight excluding hydrogens is 364 g/mol. The van der Waals surface area contributed by atoms with Gasteiger partial charge in [-0.3, -0.25) is 9.63 Å². The van der Waals surface area contributed by atoms with E-state index in [0.29, 0.717) is 5.69 Å². The van der Waals surface area contributed by atoms with Crippen LogP contribution in [0.3, 0.4) is 0 Å². The quantitative estimate of drug-likeness (QED) is 0.662. The van der Waals surface area contributed by atoms with Gasteiger partial charge in [-0.15, -0.1) is 0 Å². The number of anilines is 1. The van der Waals surface area contributed by atoms with Gasteiger partial charge in [-0.05, 0) is 40.6 Å². The van der Waals surface area contributed by atoms with Crippen molar-refractivity contribution >= 4 is 32.4 Å². The molecule has 0 bridgehead atoms. The maximum absolute atomic E-state index is 12.3. The summed E-state index contributed by atoms with van der Waals surface area (Å²) >= 11 is 0. The van der Waals surface area contributed by atoms with Gasteiger partial charge in [-0.2, -0.15) is 0 Å². The molecule has 0 radical (unpaired) electrons. The van der Waals surface area contributed by atoms with Gasteiger partial charge in [-0.25, -0.2) is 8.42 Å². The Morgan fingerprint density at radius 1 is 1.00 bits per heavy atom. The van der Waals surface area contributed by atoms with Crippen molar-refractivity contribution in [2.24, 2.45) is 0 Å². The maximum Gasteiger partial charge on any atom is 0.264 e. The van der Waals surface area contributed by atoms with Gasteiger partial charge in [0.05, 0.1) is 18.4 Å². The van der Waals surface area contributed by atoms with Gasteiger partial charge in [0.2, 0.25) is 5.91 Å². The molecule has 0 aliphatic heterocycles. The fourth-order valence-electron chi connectivity index (χ4n) is 2.70. The lowest BCUT2D eigenvalue weighted by Crippen LogP contribution is -2.25. The summed E-state index contributed by atoms with van der Waals surface area (Å²) in [5.74, 6) is -0.171. The van der Waals surface area contributed by atoms with E-state index in [1.165, 1.54) is 26.3 Å². The van der Waals surface area contributed by atoms with Crippen molar-refractivity contribution in [1.29, 1.82) is 0 Å². The third-order valence-electron chi connectivity index (χ3n) is 4.21. The number of carbonyl (C=O) groups excluding carboxylic acids is 1. The molecule has 140 valence electrons. The second-order valence-electron chi connectivity index (χ2n) is 6.03. The summed E-state index contributed by atoms with van der Waals surface area (Å²) in [6.45, 7) is 0. The van der Waals surface area contributed by atoms with Crippen LogP contribution in [0.4, 0.5) is 5.69 Å². The fourth-order valence-corrected chi connectivity index (χ4v) is 3.67. The monoisotopic (exact) mass is 384 g/mol. The van der Waals surface area contributed by atoms with Crippen molar-refractivity contribution in [2.45, 2.75) is 11.3 Å². The summed E-state index contributed by atoms with van der Waals surface area (Å²) in [5.41, 5.74) is 1.44. The first kappa shape index (κ1) is 19.0. The molecule has 7 heteroatoms. The van der Waals surface area contributed by atoms with Gasteiger partial charge < -0.3 is 5.32 Å². The van der Waals surface area contributed by atoms with Gasteiger partial charge in [0.1, 0.15) is 0 Å². The van der Waals surface area contributed by atoms with E-state index in [4.69, 9.17) is 4.84 Å². The standard InChI is InChI=1S/C20H20N2O4S/c1-22(26-2)27(24,25)19-11-9-18(10-12-19)21-20(23)14-15-7-8-16-5-3-4-6-17(16)13-15/h3-13H,14H2,1-2H3,(H,21,23). The first-order chi connectivity index (χ1) is 12.9. The van der Waals surface area contributed by atoms with E-state index in [-0.39, 0.29) is 17.2 Å². The van der Waals surface area contributed by atoms with E-state index >= 15 is 0 Å². The highest BCUT2D eigenvalue weighted by molar-refractivity contribution is 7.89. The van der Waals surface area contributed by atoms with E-state index in [2.05, 4.69) is 5.32 Å².